The van der Waals surface area contributed by atoms with Crippen LogP contribution in [-0.4, -0.2) is 174 Å². The molecule has 0 aromatic rings. The Kier molecular flexibility index (Phi) is 14.4. The normalized spacial score (nSPS) is 49.8. The van der Waals surface area contributed by atoms with Crippen LogP contribution in [0.5, 0.6) is 0 Å². The molecule has 7 rings (SSSR count). The quantitative estimate of drug-likeness (QED) is 0.0628. The molecular weight excluding hydrogens is 893 g/mol. The van der Waals surface area contributed by atoms with Gasteiger partial charge in [0, 0.05) is 23.3 Å². The summed E-state index contributed by atoms with van der Waals surface area (Å²) in [5.41, 5.74) is -4.16. The fourth-order valence-corrected chi connectivity index (χ4v) is 14.8. The number of carbonyl (C=O) groups excluding carboxylic acids is 2. The van der Waals surface area contributed by atoms with Gasteiger partial charge in [0.15, 0.2) is 24.8 Å². The zero-order chi connectivity index (χ0) is 50.6. The van der Waals surface area contributed by atoms with E-state index in [0.717, 1.165) is 5.57 Å². The molecule has 68 heavy (non-hydrogen) atoms. The van der Waals surface area contributed by atoms with E-state index in [-0.39, 0.29) is 17.4 Å². The van der Waals surface area contributed by atoms with E-state index in [0.29, 0.717) is 38.5 Å². The van der Waals surface area contributed by atoms with Crippen molar-refractivity contribution >= 4 is 17.9 Å². The lowest BCUT2D eigenvalue weighted by molar-refractivity contribution is -0.374. The lowest BCUT2D eigenvalue weighted by Gasteiger charge is -2.73. The maximum atomic E-state index is 13.6. The van der Waals surface area contributed by atoms with Gasteiger partial charge in [-0.25, -0.2) is 9.59 Å². The lowest BCUT2D eigenvalue weighted by Crippen LogP contribution is -2.76. The minimum Gasteiger partial charge on any atom is -0.479 e. The Morgan fingerprint density at radius 3 is 2.01 bits per heavy atom. The highest BCUT2D eigenvalue weighted by Crippen LogP contribution is 2.76. The van der Waals surface area contributed by atoms with Crippen LogP contribution in [0.2, 0.25) is 0 Å². The van der Waals surface area contributed by atoms with Crippen molar-refractivity contribution < 1.29 is 93.9 Å². The summed E-state index contributed by atoms with van der Waals surface area (Å²) >= 11 is 0. The van der Waals surface area contributed by atoms with Gasteiger partial charge in [-0.15, -0.1) is 0 Å². The van der Waals surface area contributed by atoms with E-state index in [2.05, 4.69) is 19.9 Å². The molecule has 5 aliphatic carbocycles. The Labute approximate surface area is 397 Å². The van der Waals surface area contributed by atoms with Gasteiger partial charge in [-0.3, -0.25) is 4.79 Å². The molecule has 0 amide bonds. The van der Waals surface area contributed by atoms with Crippen molar-refractivity contribution in [2.45, 2.75) is 200 Å². The number of carboxylic acid groups (broad SMARTS) is 1. The van der Waals surface area contributed by atoms with Crippen molar-refractivity contribution in [2.75, 3.05) is 13.2 Å². The Bertz CT molecular complexity index is 1990. The van der Waals surface area contributed by atoms with Crippen LogP contribution in [0.25, 0.3) is 0 Å². The average molecular weight is 969 g/mol. The second-order valence-corrected chi connectivity index (χ2v) is 22.9. The van der Waals surface area contributed by atoms with Gasteiger partial charge in [-0.2, -0.15) is 0 Å². The van der Waals surface area contributed by atoms with Gasteiger partial charge in [0.05, 0.1) is 36.9 Å². The summed E-state index contributed by atoms with van der Waals surface area (Å²) in [6, 6.07) is 0. The first-order chi connectivity index (χ1) is 31.6. The molecule has 2 aliphatic heterocycles. The van der Waals surface area contributed by atoms with Gasteiger partial charge < -0.3 is 79.5 Å². The predicted molar refractivity (Wildman–Crippen MR) is 236 cm³/mol. The van der Waals surface area contributed by atoms with E-state index in [1.54, 1.807) is 19.9 Å². The lowest BCUT2D eigenvalue weighted by atomic mass is 9.32. The molecule has 386 valence electrons. The largest absolute Gasteiger partial charge is 0.479 e. The number of aliphatic hydroxyl groups is 9. The molecule has 6 fully saturated rings. The van der Waals surface area contributed by atoms with Crippen molar-refractivity contribution in [3.05, 3.63) is 23.3 Å². The number of hydrogen-bond donors (Lipinski definition) is 10. The predicted octanol–water partition coefficient (Wildman–Crippen LogP) is 0.853. The minimum atomic E-state index is -2.01. The van der Waals surface area contributed by atoms with Crippen LogP contribution in [0.3, 0.4) is 0 Å². The summed E-state index contributed by atoms with van der Waals surface area (Å²) in [6.07, 6.45) is -17.2. The highest BCUT2D eigenvalue weighted by Gasteiger charge is 2.76. The first-order valence-electron chi connectivity index (χ1n) is 24.1. The highest BCUT2D eigenvalue weighted by molar-refractivity contribution is 5.88. The molecule has 0 aromatic carbocycles. The monoisotopic (exact) mass is 968 g/mol. The molecule has 4 saturated carbocycles. The topological polar surface area (TPSA) is 309 Å². The first-order valence-corrected chi connectivity index (χ1v) is 24.1. The van der Waals surface area contributed by atoms with Gasteiger partial charge in [0.2, 0.25) is 0 Å². The van der Waals surface area contributed by atoms with Crippen LogP contribution in [0.1, 0.15) is 108 Å². The maximum absolute atomic E-state index is 13.6. The maximum Gasteiger partial charge on any atom is 0.335 e. The fourth-order valence-electron chi connectivity index (χ4n) is 14.8. The Morgan fingerprint density at radius 1 is 0.765 bits per heavy atom. The summed E-state index contributed by atoms with van der Waals surface area (Å²) in [4.78, 5) is 38.5. The second-order valence-electron chi connectivity index (χ2n) is 22.9. The third-order valence-electron chi connectivity index (χ3n) is 18.9. The third kappa shape index (κ3) is 7.84. The van der Waals surface area contributed by atoms with E-state index >= 15 is 0 Å². The number of rotatable bonds is 10. The molecular formula is C49H76O19. The second kappa shape index (κ2) is 18.4. The minimum absolute atomic E-state index is 0.0662. The summed E-state index contributed by atoms with van der Waals surface area (Å²) in [7, 11) is 0. The molecule has 7 aliphatic rings. The molecule has 22 unspecified atom stereocenters. The SMILES string of the molecule is CC=C(C)C(=O)OC1C(OC(C)=O)C(C)(C)CC2C3=CCC4C5(C)CCC(OC6OC(C(=O)O)C(O)C(O)C6OC6OC(CO)C(O)C(O)C6O)C(C)(C)C5CCC4(C)C3(C)C(O)C(O)C21CO. The number of hydrogen-bond acceptors (Lipinski definition) is 18. The van der Waals surface area contributed by atoms with E-state index in [4.69, 9.17) is 28.4 Å². The summed E-state index contributed by atoms with van der Waals surface area (Å²) < 4.78 is 36.1. The summed E-state index contributed by atoms with van der Waals surface area (Å²) in [5.74, 6) is -3.66. The highest BCUT2D eigenvalue weighted by atomic mass is 16.8. The Balaban J connectivity index is 1.22. The molecule has 10 N–H and O–H groups in total. The van der Waals surface area contributed by atoms with Crippen molar-refractivity contribution in [2.24, 2.45) is 50.2 Å². The number of esters is 2. The van der Waals surface area contributed by atoms with Crippen LogP contribution < -0.4 is 0 Å². The molecule has 2 saturated heterocycles. The Morgan fingerprint density at radius 2 is 1.43 bits per heavy atom. The number of fused-ring (bicyclic) bond motifs is 7. The Hall–Kier alpha value is -2.63. The fraction of sp³-hybridized carbons (Fsp3) is 0.857. The number of allylic oxidation sites excluding steroid dienone is 2. The summed E-state index contributed by atoms with van der Waals surface area (Å²) in [5, 5.41) is 111. The number of ether oxygens (including phenoxy) is 6. The van der Waals surface area contributed by atoms with Crippen LogP contribution in [-0.2, 0) is 42.8 Å². The number of carbonyl (C=O) groups is 3. The summed E-state index contributed by atoms with van der Waals surface area (Å²) in [6.45, 7) is 17.4. The molecule has 0 spiro atoms. The zero-order valence-electron chi connectivity index (χ0n) is 40.9. The van der Waals surface area contributed by atoms with Crippen molar-refractivity contribution in [3.63, 3.8) is 0 Å². The van der Waals surface area contributed by atoms with Gasteiger partial charge in [-0.05, 0) is 86.4 Å². The third-order valence-corrected chi connectivity index (χ3v) is 18.9. The molecule has 19 nitrogen and oxygen atoms in total. The molecule has 0 radical (unpaired) electrons. The van der Waals surface area contributed by atoms with Crippen molar-refractivity contribution in [3.8, 4) is 0 Å². The van der Waals surface area contributed by atoms with Crippen LogP contribution >= 0.6 is 0 Å². The number of aliphatic carboxylic acids is 1. The van der Waals surface area contributed by atoms with Gasteiger partial charge in [0.25, 0.3) is 0 Å². The van der Waals surface area contributed by atoms with E-state index in [9.17, 15) is 65.4 Å². The van der Waals surface area contributed by atoms with Crippen molar-refractivity contribution in [1.29, 1.82) is 0 Å². The van der Waals surface area contributed by atoms with Crippen LogP contribution in [0, 0.1) is 50.2 Å². The van der Waals surface area contributed by atoms with Crippen LogP contribution in [0.15, 0.2) is 23.3 Å². The molecule has 2 heterocycles. The number of carboxylic acids is 1. The number of aliphatic hydroxyl groups excluding tert-OH is 9. The zero-order valence-corrected chi connectivity index (χ0v) is 40.9. The molecule has 0 bridgehead atoms. The van der Waals surface area contributed by atoms with E-state index in [1.165, 1.54) is 6.92 Å². The van der Waals surface area contributed by atoms with E-state index < -0.39 is 161 Å². The van der Waals surface area contributed by atoms with Crippen LogP contribution in [0.4, 0.5) is 0 Å². The first kappa shape index (κ1) is 53.2. The molecule has 0 aromatic heterocycles. The van der Waals surface area contributed by atoms with Gasteiger partial charge in [0.1, 0.15) is 48.8 Å². The average Bonchev–Trinajstić information content (AvgIpc) is 3.27. The molecule has 22 atom stereocenters. The van der Waals surface area contributed by atoms with E-state index in [1.807, 2.05) is 34.6 Å². The smallest absolute Gasteiger partial charge is 0.335 e. The van der Waals surface area contributed by atoms with Crippen molar-refractivity contribution in [1.82, 2.24) is 0 Å². The standard InChI is InChI=1S/C49H76O19/c1-11-21(2)41(62)68-39-38(63-22(3)52)44(4,5)18-24-23-12-13-27-46(8)16-15-28(45(6,7)26(46)14-17-47(27,9)48(23,10)36(58)37(59)49(24,39)20-51)65-43-35(32(56)31(55)34(66-43)40(60)61)67-42-33(57)30(54)29(53)25(19-50)64-42/h11-12,24-39,42-43,50-51,53-59H,13-20H2,1-10H3,(H,60,61). The van der Waals surface area contributed by atoms with Gasteiger partial charge >= 0.3 is 17.9 Å². The van der Waals surface area contributed by atoms with Gasteiger partial charge in [-0.1, -0.05) is 66.2 Å². The molecule has 19 heteroatoms.